The zero-order valence-electron chi connectivity index (χ0n) is 25.2. The second-order valence-electron chi connectivity index (χ2n) is 11.5. The summed E-state index contributed by atoms with van der Waals surface area (Å²) in [5.74, 6) is 0.229. The molecule has 6 nitrogen and oxygen atoms in total. The summed E-state index contributed by atoms with van der Waals surface area (Å²) >= 11 is 0. The molecule has 2 N–H and O–H groups in total. The molecule has 2 unspecified atom stereocenters. The van der Waals surface area contributed by atoms with E-state index in [1.54, 1.807) is 4.90 Å². The molecule has 0 amide bonds. The number of nitrogens with one attached hydrogen (secondary N) is 1. The third-order valence-corrected chi connectivity index (χ3v) is 8.45. The fraction of sp³-hybridized carbons (Fsp3) is 0.968. The fourth-order valence-corrected chi connectivity index (χ4v) is 5.95. The number of hydrogen-bond acceptors (Lipinski definition) is 5. The number of likely N-dealkylation sites (tertiary alicyclic amines) is 1. The Morgan fingerprint density at radius 2 is 1.29 bits per heavy atom. The highest BCUT2D eigenvalue weighted by molar-refractivity contribution is 7.40. The molecular weight excluding hydrogens is 497 g/mol. The number of ether oxygens (including phenoxy) is 1. The van der Waals surface area contributed by atoms with Gasteiger partial charge >= 0.3 is 8.60 Å². The van der Waals surface area contributed by atoms with Crippen molar-refractivity contribution in [3.63, 3.8) is 0 Å². The lowest BCUT2D eigenvalue weighted by atomic mass is 10.0. The smallest absolute Gasteiger partial charge is 0.330 e. The van der Waals surface area contributed by atoms with Crippen LogP contribution in [0.2, 0.25) is 0 Å². The average molecular weight is 561 g/mol. The van der Waals surface area contributed by atoms with Crippen molar-refractivity contribution in [2.75, 3.05) is 46.1 Å². The SMILES string of the molecule is CCCCCCCCCCCCCCCCCOCC(COP(O)OCC[NH+]1CCCC1)CC(=O)CCC. The first-order chi connectivity index (χ1) is 18.7. The third kappa shape index (κ3) is 22.7. The zero-order valence-corrected chi connectivity index (χ0v) is 26.1. The predicted octanol–water partition coefficient (Wildman–Crippen LogP) is 7.18. The summed E-state index contributed by atoms with van der Waals surface area (Å²) in [6.07, 6.45) is 24.8. The molecule has 0 aliphatic carbocycles. The quantitative estimate of drug-likeness (QED) is 0.0749. The number of unbranched alkanes of at least 4 members (excludes halogenated alkanes) is 14. The van der Waals surface area contributed by atoms with Crippen LogP contribution in [0.25, 0.3) is 0 Å². The monoisotopic (exact) mass is 560 g/mol. The molecule has 0 saturated carbocycles. The van der Waals surface area contributed by atoms with E-state index in [4.69, 9.17) is 13.8 Å². The van der Waals surface area contributed by atoms with Gasteiger partial charge in [0, 0.05) is 38.2 Å². The molecule has 226 valence electrons. The lowest BCUT2D eigenvalue weighted by Gasteiger charge is -2.19. The number of carbonyl (C=O) groups is 1. The normalized spacial score (nSPS) is 15.8. The third-order valence-electron chi connectivity index (χ3n) is 7.68. The van der Waals surface area contributed by atoms with E-state index in [-0.39, 0.29) is 11.7 Å². The van der Waals surface area contributed by atoms with Crippen molar-refractivity contribution in [1.82, 2.24) is 0 Å². The van der Waals surface area contributed by atoms with E-state index in [1.165, 1.54) is 116 Å². The maximum atomic E-state index is 12.2. The first-order valence-electron chi connectivity index (χ1n) is 16.3. The Hall–Kier alpha value is -0.100. The molecular formula is C31H63NO5P+. The molecule has 1 aliphatic heterocycles. The van der Waals surface area contributed by atoms with Crippen molar-refractivity contribution in [3.05, 3.63) is 0 Å². The largest absolute Gasteiger partial charge is 0.381 e. The van der Waals surface area contributed by atoms with Gasteiger partial charge in [-0.2, -0.15) is 0 Å². The van der Waals surface area contributed by atoms with Crippen molar-refractivity contribution >= 4 is 14.4 Å². The molecule has 1 saturated heterocycles. The molecule has 0 radical (unpaired) electrons. The van der Waals surface area contributed by atoms with E-state index in [0.29, 0.717) is 32.7 Å². The lowest BCUT2D eigenvalue weighted by Crippen LogP contribution is -3.10. The Balaban J connectivity index is 2.00. The van der Waals surface area contributed by atoms with Crippen molar-refractivity contribution in [1.29, 1.82) is 0 Å². The molecule has 0 bridgehead atoms. The number of hydrogen-bond donors (Lipinski definition) is 2. The van der Waals surface area contributed by atoms with Crippen LogP contribution < -0.4 is 4.90 Å². The Bertz CT molecular complexity index is 518. The van der Waals surface area contributed by atoms with E-state index in [2.05, 4.69) is 6.92 Å². The Morgan fingerprint density at radius 1 is 0.737 bits per heavy atom. The molecule has 38 heavy (non-hydrogen) atoms. The van der Waals surface area contributed by atoms with Crippen LogP contribution in [0.3, 0.4) is 0 Å². The summed E-state index contributed by atoms with van der Waals surface area (Å²) in [5.41, 5.74) is 0. The summed E-state index contributed by atoms with van der Waals surface area (Å²) in [5, 5.41) is 0. The van der Waals surface area contributed by atoms with Gasteiger partial charge in [-0.05, 0) is 12.8 Å². The van der Waals surface area contributed by atoms with Crippen molar-refractivity contribution < 1.29 is 28.4 Å². The van der Waals surface area contributed by atoms with Gasteiger partial charge in [-0.1, -0.05) is 104 Å². The van der Waals surface area contributed by atoms with Crippen LogP contribution in [0.4, 0.5) is 0 Å². The summed E-state index contributed by atoms with van der Waals surface area (Å²) in [6, 6.07) is 0. The van der Waals surface area contributed by atoms with Crippen LogP contribution in [0.15, 0.2) is 0 Å². The van der Waals surface area contributed by atoms with Gasteiger partial charge in [-0.15, -0.1) is 0 Å². The summed E-state index contributed by atoms with van der Waals surface area (Å²) < 4.78 is 17.0. The standard InChI is InChI=1S/C31H62NO5P/c1-3-5-6-7-8-9-10-11-12-13-14-15-16-17-20-25-35-28-30(27-31(33)21-4-2)29-37-38(34)36-26-24-32-22-18-19-23-32/h30,34H,3-29H2,1-2H3/p+1. The minimum absolute atomic E-state index is 0.0182. The lowest BCUT2D eigenvalue weighted by molar-refractivity contribution is -0.887. The molecule has 1 fully saturated rings. The van der Waals surface area contributed by atoms with Crippen LogP contribution in [-0.4, -0.2) is 56.7 Å². The Kier molecular flexibility index (Phi) is 25.6. The van der Waals surface area contributed by atoms with Crippen molar-refractivity contribution in [2.45, 2.75) is 142 Å². The van der Waals surface area contributed by atoms with E-state index in [9.17, 15) is 9.69 Å². The first kappa shape index (κ1) is 35.9. The van der Waals surface area contributed by atoms with E-state index in [0.717, 1.165) is 26.0 Å². The summed E-state index contributed by atoms with van der Waals surface area (Å²) in [7, 11) is -1.89. The van der Waals surface area contributed by atoms with Crippen LogP contribution in [0.1, 0.15) is 142 Å². The number of rotatable bonds is 29. The van der Waals surface area contributed by atoms with Gasteiger partial charge in [0.05, 0.1) is 26.3 Å². The van der Waals surface area contributed by atoms with Crippen LogP contribution in [-0.2, 0) is 18.6 Å². The second-order valence-corrected chi connectivity index (χ2v) is 12.4. The summed E-state index contributed by atoms with van der Waals surface area (Å²) in [6.45, 7) is 9.71. The van der Waals surface area contributed by atoms with Gasteiger partial charge in [-0.3, -0.25) is 4.79 Å². The Morgan fingerprint density at radius 3 is 1.84 bits per heavy atom. The molecule has 0 aromatic carbocycles. The number of quaternary nitrogens is 1. The molecule has 1 rings (SSSR count). The number of ketones is 1. The maximum absolute atomic E-state index is 12.2. The highest BCUT2D eigenvalue weighted by atomic mass is 31.2. The van der Waals surface area contributed by atoms with Gasteiger partial charge in [0.2, 0.25) is 0 Å². The van der Waals surface area contributed by atoms with Gasteiger partial charge < -0.3 is 23.6 Å². The topological polar surface area (TPSA) is 69.4 Å². The van der Waals surface area contributed by atoms with E-state index < -0.39 is 8.60 Å². The molecule has 0 aromatic heterocycles. The molecule has 1 heterocycles. The predicted molar refractivity (Wildman–Crippen MR) is 160 cm³/mol. The van der Waals surface area contributed by atoms with E-state index >= 15 is 0 Å². The van der Waals surface area contributed by atoms with Gasteiger partial charge in [0.1, 0.15) is 18.9 Å². The maximum Gasteiger partial charge on any atom is 0.330 e. The molecule has 2 atom stereocenters. The van der Waals surface area contributed by atoms with E-state index in [1.807, 2.05) is 6.92 Å². The molecule has 7 heteroatoms. The molecule has 0 spiro atoms. The second kappa shape index (κ2) is 27.1. The van der Waals surface area contributed by atoms with Crippen LogP contribution in [0.5, 0.6) is 0 Å². The minimum atomic E-state index is -1.89. The molecule has 0 aromatic rings. The number of Topliss-reactive ketones (excluding diaryl/α,β-unsaturated/α-hetero) is 1. The van der Waals surface area contributed by atoms with Gasteiger partial charge in [-0.25, -0.2) is 0 Å². The zero-order chi connectivity index (χ0) is 27.5. The average Bonchev–Trinajstić information content (AvgIpc) is 3.42. The highest BCUT2D eigenvalue weighted by Crippen LogP contribution is 2.33. The van der Waals surface area contributed by atoms with Crippen LogP contribution >= 0.6 is 8.60 Å². The van der Waals surface area contributed by atoms with Gasteiger partial charge in [0.25, 0.3) is 0 Å². The summed E-state index contributed by atoms with van der Waals surface area (Å²) in [4.78, 5) is 23.9. The Labute approximate surface area is 236 Å². The minimum Gasteiger partial charge on any atom is -0.381 e. The first-order valence-corrected chi connectivity index (χ1v) is 17.5. The van der Waals surface area contributed by atoms with Crippen molar-refractivity contribution in [2.24, 2.45) is 5.92 Å². The van der Waals surface area contributed by atoms with Crippen molar-refractivity contribution in [3.8, 4) is 0 Å². The van der Waals surface area contributed by atoms with Gasteiger partial charge in [0.15, 0.2) is 0 Å². The molecule has 1 aliphatic rings. The van der Waals surface area contributed by atoms with Crippen LogP contribution in [0, 0.1) is 5.92 Å². The highest BCUT2D eigenvalue weighted by Gasteiger charge is 2.19. The number of carbonyl (C=O) groups excluding carboxylic acids is 1. The fourth-order valence-electron chi connectivity index (χ4n) is 5.29.